The van der Waals surface area contributed by atoms with Crippen LogP contribution in [-0.4, -0.2) is 18.5 Å². The van der Waals surface area contributed by atoms with E-state index in [0.29, 0.717) is 12.5 Å². The summed E-state index contributed by atoms with van der Waals surface area (Å²) >= 11 is 0. The molecule has 0 aliphatic heterocycles. The second-order valence-corrected chi connectivity index (χ2v) is 5.22. The minimum absolute atomic E-state index is 0.0452. The van der Waals surface area contributed by atoms with Crippen LogP contribution in [0.25, 0.3) is 0 Å². The fourth-order valence-corrected chi connectivity index (χ4v) is 1.71. The van der Waals surface area contributed by atoms with E-state index in [2.05, 4.69) is 48.7 Å². The highest BCUT2D eigenvalue weighted by atomic mass is 16.1. The molecule has 0 heterocycles. The van der Waals surface area contributed by atoms with Crippen molar-refractivity contribution in [3.8, 4) is 0 Å². The molecule has 0 fully saturated rings. The number of hydrogen-bond acceptors (Lipinski definition) is 2. The van der Waals surface area contributed by atoms with Gasteiger partial charge >= 0.3 is 0 Å². The average Bonchev–Trinajstić information content (AvgIpc) is 2.28. The summed E-state index contributed by atoms with van der Waals surface area (Å²) in [7, 11) is 0. The van der Waals surface area contributed by atoms with Crippen LogP contribution in [0.4, 0.5) is 0 Å². The molecule has 0 aliphatic rings. The first-order valence-electron chi connectivity index (χ1n) is 6.58. The lowest BCUT2D eigenvalue weighted by Gasteiger charge is -2.10. The zero-order chi connectivity index (χ0) is 13.5. The minimum Gasteiger partial charge on any atom is -0.353 e. The van der Waals surface area contributed by atoms with Crippen molar-refractivity contribution in [2.24, 2.45) is 0 Å². The Morgan fingerprint density at radius 3 is 2.22 bits per heavy atom. The molecule has 18 heavy (non-hydrogen) atoms. The van der Waals surface area contributed by atoms with E-state index in [1.165, 1.54) is 11.1 Å². The van der Waals surface area contributed by atoms with Crippen molar-refractivity contribution in [3.05, 3.63) is 35.4 Å². The molecule has 0 aromatic heterocycles. The van der Waals surface area contributed by atoms with Gasteiger partial charge in [0.05, 0.1) is 6.54 Å². The molecule has 0 saturated heterocycles. The third-order valence-corrected chi connectivity index (χ3v) is 2.71. The Labute approximate surface area is 110 Å². The number of carbonyl (C=O) groups excluding carboxylic acids is 1. The van der Waals surface area contributed by atoms with Crippen molar-refractivity contribution in [1.82, 2.24) is 10.6 Å². The minimum atomic E-state index is 0.0452. The third-order valence-electron chi connectivity index (χ3n) is 2.71. The molecule has 0 aliphatic carbocycles. The molecule has 0 saturated carbocycles. The molecule has 3 heteroatoms. The SMILES string of the molecule is CC(C)NC(=O)CNCc1ccc(C(C)C)cc1. The van der Waals surface area contributed by atoms with Crippen molar-refractivity contribution in [2.45, 2.75) is 46.2 Å². The van der Waals surface area contributed by atoms with Gasteiger partial charge in [0.15, 0.2) is 0 Å². The van der Waals surface area contributed by atoms with Crippen LogP contribution in [0.15, 0.2) is 24.3 Å². The second-order valence-electron chi connectivity index (χ2n) is 5.22. The second kappa shape index (κ2) is 7.17. The van der Waals surface area contributed by atoms with E-state index in [9.17, 15) is 4.79 Å². The highest BCUT2D eigenvalue weighted by Crippen LogP contribution is 2.14. The molecule has 0 atom stereocenters. The van der Waals surface area contributed by atoms with Crippen LogP contribution in [0.2, 0.25) is 0 Å². The number of benzene rings is 1. The maximum absolute atomic E-state index is 11.4. The summed E-state index contributed by atoms with van der Waals surface area (Å²) in [6.45, 7) is 9.38. The normalized spacial score (nSPS) is 11.0. The maximum Gasteiger partial charge on any atom is 0.234 e. The average molecular weight is 248 g/mol. The summed E-state index contributed by atoms with van der Waals surface area (Å²) in [6.07, 6.45) is 0. The highest BCUT2D eigenvalue weighted by Gasteiger charge is 2.03. The molecular weight excluding hydrogens is 224 g/mol. The molecule has 0 radical (unpaired) electrons. The number of rotatable bonds is 6. The summed E-state index contributed by atoms with van der Waals surface area (Å²) in [5.41, 5.74) is 2.55. The number of carbonyl (C=O) groups is 1. The van der Waals surface area contributed by atoms with Gasteiger partial charge in [0.1, 0.15) is 0 Å². The zero-order valence-electron chi connectivity index (χ0n) is 11.8. The van der Waals surface area contributed by atoms with Crippen molar-refractivity contribution in [1.29, 1.82) is 0 Å². The largest absolute Gasteiger partial charge is 0.353 e. The first-order chi connectivity index (χ1) is 8.49. The van der Waals surface area contributed by atoms with Gasteiger partial charge in [-0.1, -0.05) is 38.1 Å². The first kappa shape index (κ1) is 14.7. The van der Waals surface area contributed by atoms with Gasteiger partial charge in [-0.2, -0.15) is 0 Å². The predicted octanol–water partition coefficient (Wildman–Crippen LogP) is 2.42. The summed E-state index contributed by atoms with van der Waals surface area (Å²) in [5, 5.41) is 6.00. The molecule has 1 rings (SSSR count). The van der Waals surface area contributed by atoms with E-state index in [4.69, 9.17) is 0 Å². The topological polar surface area (TPSA) is 41.1 Å². The van der Waals surface area contributed by atoms with Gasteiger partial charge in [0.25, 0.3) is 0 Å². The zero-order valence-corrected chi connectivity index (χ0v) is 11.8. The molecule has 1 aromatic rings. The van der Waals surface area contributed by atoms with Crippen LogP contribution in [0.1, 0.15) is 44.7 Å². The van der Waals surface area contributed by atoms with E-state index < -0.39 is 0 Å². The van der Waals surface area contributed by atoms with Gasteiger partial charge in [-0.05, 0) is 30.9 Å². The van der Waals surface area contributed by atoms with Crippen molar-refractivity contribution in [3.63, 3.8) is 0 Å². The van der Waals surface area contributed by atoms with E-state index in [1.807, 2.05) is 13.8 Å². The highest BCUT2D eigenvalue weighted by molar-refractivity contribution is 5.78. The third kappa shape index (κ3) is 5.32. The molecule has 100 valence electrons. The lowest BCUT2D eigenvalue weighted by Crippen LogP contribution is -2.37. The summed E-state index contributed by atoms with van der Waals surface area (Å²) in [4.78, 5) is 11.4. The Morgan fingerprint density at radius 2 is 1.72 bits per heavy atom. The smallest absolute Gasteiger partial charge is 0.234 e. The van der Waals surface area contributed by atoms with Gasteiger partial charge in [0.2, 0.25) is 5.91 Å². The van der Waals surface area contributed by atoms with Crippen LogP contribution in [-0.2, 0) is 11.3 Å². The standard InChI is InChI=1S/C15H24N2O/c1-11(2)14-7-5-13(6-8-14)9-16-10-15(18)17-12(3)4/h5-8,11-12,16H,9-10H2,1-4H3,(H,17,18). The molecule has 3 nitrogen and oxygen atoms in total. The van der Waals surface area contributed by atoms with Crippen LogP contribution in [0.3, 0.4) is 0 Å². The van der Waals surface area contributed by atoms with Crippen LogP contribution < -0.4 is 10.6 Å². The Morgan fingerprint density at radius 1 is 1.11 bits per heavy atom. The summed E-state index contributed by atoms with van der Waals surface area (Å²) in [5.74, 6) is 0.604. The molecule has 0 unspecified atom stereocenters. The quantitative estimate of drug-likeness (QED) is 0.812. The van der Waals surface area contributed by atoms with Gasteiger partial charge in [-0.15, -0.1) is 0 Å². The monoisotopic (exact) mass is 248 g/mol. The fraction of sp³-hybridized carbons (Fsp3) is 0.533. The van der Waals surface area contributed by atoms with Crippen LogP contribution in [0.5, 0.6) is 0 Å². The summed E-state index contributed by atoms with van der Waals surface area (Å²) < 4.78 is 0. The predicted molar refractivity (Wildman–Crippen MR) is 75.5 cm³/mol. The van der Waals surface area contributed by atoms with E-state index in [0.717, 1.165) is 6.54 Å². The summed E-state index contributed by atoms with van der Waals surface area (Å²) in [6, 6.07) is 8.72. The molecule has 0 bridgehead atoms. The number of hydrogen-bond donors (Lipinski definition) is 2. The molecular formula is C15H24N2O. The van der Waals surface area contributed by atoms with Gasteiger partial charge in [-0.3, -0.25) is 4.79 Å². The van der Waals surface area contributed by atoms with Gasteiger partial charge < -0.3 is 10.6 Å². The fourth-order valence-electron chi connectivity index (χ4n) is 1.71. The molecule has 1 amide bonds. The molecule has 0 spiro atoms. The molecule has 1 aromatic carbocycles. The van der Waals surface area contributed by atoms with Gasteiger partial charge in [0, 0.05) is 12.6 Å². The van der Waals surface area contributed by atoms with Crippen molar-refractivity contribution in [2.75, 3.05) is 6.54 Å². The van der Waals surface area contributed by atoms with Crippen LogP contribution in [0, 0.1) is 0 Å². The Kier molecular flexibility index (Phi) is 5.86. The van der Waals surface area contributed by atoms with E-state index in [1.54, 1.807) is 0 Å². The lowest BCUT2D eigenvalue weighted by atomic mass is 10.0. The lowest BCUT2D eigenvalue weighted by molar-refractivity contribution is -0.120. The Bertz CT molecular complexity index is 369. The Hall–Kier alpha value is -1.35. The molecule has 2 N–H and O–H groups in total. The van der Waals surface area contributed by atoms with Crippen molar-refractivity contribution < 1.29 is 4.79 Å². The first-order valence-corrected chi connectivity index (χ1v) is 6.58. The van der Waals surface area contributed by atoms with E-state index in [-0.39, 0.29) is 11.9 Å². The number of amides is 1. The van der Waals surface area contributed by atoms with Gasteiger partial charge in [-0.25, -0.2) is 0 Å². The maximum atomic E-state index is 11.4. The van der Waals surface area contributed by atoms with Crippen LogP contribution >= 0.6 is 0 Å². The van der Waals surface area contributed by atoms with Crippen molar-refractivity contribution >= 4 is 5.91 Å². The number of nitrogens with one attached hydrogen (secondary N) is 2. The van der Waals surface area contributed by atoms with E-state index >= 15 is 0 Å². The Balaban J connectivity index is 2.33.